The minimum atomic E-state index is -0.630. The highest BCUT2D eigenvalue weighted by molar-refractivity contribution is 5.96. The molecule has 1 amide bonds. The lowest BCUT2D eigenvalue weighted by atomic mass is 9.86. The van der Waals surface area contributed by atoms with Gasteiger partial charge in [-0.2, -0.15) is 0 Å². The summed E-state index contributed by atoms with van der Waals surface area (Å²) in [4.78, 5) is 14.9. The monoisotopic (exact) mass is 340 g/mol. The van der Waals surface area contributed by atoms with Crippen molar-refractivity contribution in [3.63, 3.8) is 0 Å². The highest BCUT2D eigenvalue weighted by Gasteiger charge is 2.38. The largest absolute Gasteiger partial charge is 0.394 e. The maximum Gasteiger partial charge on any atom is 0.252 e. The van der Waals surface area contributed by atoms with Crippen molar-refractivity contribution in [2.45, 2.75) is 32.4 Å². The van der Waals surface area contributed by atoms with E-state index in [-0.39, 0.29) is 18.6 Å². The van der Waals surface area contributed by atoms with E-state index in [4.69, 9.17) is 0 Å². The van der Waals surface area contributed by atoms with Gasteiger partial charge >= 0.3 is 0 Å². The molecule has 0 aromatic heterocycles. The topological polar surface area (TPSA) is 52.6 Å². The minimum absolute atomic E-state index is 0.0767. The molecule has 2 aromatic rings. The predicted molar refractivity (Wildman–Crippen MR) is 102 cm³/mol. The Hall–Kier alpha value is -2.17. The predicted octanol–water partition coefficient (Wildman–Crippen LogP) is 3.09. The summed E-state index contributed by atoms with van der Waals surface area (Å²) in [5.74, 6) is -0.128. The number of nitrogens with zero attached hydrogens (tertiary/aromatic N) is 1. The zero-order valence-electron chi connectivity index (χ0n) is 15.7. The second-order valence-electron chi connectivity index (χ2n) is 6.97. The second kappa shape index (κ2) is 7.81. The molecule has 134 valence electrons. The Morgan fingerprint density at radius 1 is 1.12 bits per heavy atom. The number of nitrogens with one attached hydrogen (secondary N) is 1. The van der Waals surface area contributed by atoms with Gasteiger partial charge in [-0.15, -0.1) is 0 Å². The molecule has 4 nitrogen and oxygen atoms in total. The number of hydrogen-bond acceptors (Lipinski definition) is 3. The van der Waals surface area contributed by atoms with Crippen molar-refractivity contribution in [1.82, 2.24) is 10.2 Å². The second-order valence-corrected chi connectivity index (χ2v) is 6.97. The van der Waals surface area contributed by atoms with Crippen LogP contribution in [0.15, 0.2) is 48.5 Å². The first kappa shape index (κ1) is 19.2. The van der Waals surface area contributed by atoms with Crippen molar-refractivity contribution in [2.24, 2.45) is 0 Å². The molecule has 0 fully saturated rings. The average Bonchev–Trinajstić information content (AvgIpc) is 2.61. The van der Waals surface area contributed by atoms with Gasteiger partial charge in [0.15, 0.2) is 0 Å². The van der Waals surface area contributed by atoms with Crippen LogP contribution in [0.5, 0.6) is 0 Å². The molecular formula is C21H28N2O2. The first-order valence-corrected chi connectivity index (χ1v) is 8.51. The summed E-state index contributed by atoms with van der Waals surface area (Å²) < 4.78 is 0. The van der Waals surface area contributed by atoms with Crippen LogP contribution in [-0.2, 0) is 0 Å². The van der Waals surface area contributed by atoms with Gasteiger partial charge in [-0.05, 0) is 57.6 Å². The average molecular weight is 340 g/mol. The first-order valence-electron chi connectivity index (χ1n) is 8.51. The molecule has 2 N–H and O–H groups in total. The van der Waals surface area contributed by atoms with Crippen molar-refractivity contribution in [3.8, 4) is 0 Å². The standard InChI is InChI=1S/C21H28N2O2/c1-15-10-9-13-18(16(15)2)20(25)22-19(17-11-7-6-8-12-17)21(3,14-24)23(4)5/h6-13,19,24H,14H2,1-5H3,(H,22,25). The number of amides is 1. The molecule has 25 heavy (non-hydrogen) atoms. The first-order chi connectivity index (χ1) is 11.8. The van der Waals surface area contributed by atoms with Crippen LogP contribution in [0.25, 0.3) is 0 Å². The van der Waals surface area contributed by atoms with Crippen molar-refractivity contribution >= 4 is 5.91 Å². The minimum Gasteiger partial charge on any atom is -0.394 e. The van der Waals surface area contributed by atoms with Gasteiger partial charge in [0.05, 0.1) is 18.2 Å². The number of hydrogen-bond donors (Lipinski definition) is 2. The number of aliphatic hydroxyl groups excluding tert-OH is 1. The van der Waals surface area contributed by atoms with Crippen molar-refractivity contribution in [1.29, 1.82) is 0 Å². The van der Waals surface area contributed by atoms with E-state index in [0.29, 0.717) is 5.56 Å². The van der Waals surface area contributed by atoms with Gasteiger partial charge in [-0.1, -0.05) is 42.5 Å². The van der Waals surface area contributed by atoms with Crippen molar-refractivity contribution in [3.05, 3.63) is 70.8 Å². The quantitative estimate of drug-likeness (QED) is 0.850. The lowest BCUT2D eigenvalue weighted by molar-refractivity contribution is 0.0447. The van der Waals surface area contributed by atoms with Crippen LogP contribution < -0.4 is 5.32 Å². The van der Waals surface area contributed by atoms with Crippen LogP contribution in [0.4, 0.5) is 0 Å². The third kappa shape index (κ3) is 3.91. The van der Waals surface area contributed by atoms with Crippen molar-refractivity contribution < 1.29 is 9.90 Å². The Balaban J connectivity index is 2.43. The molecule has 0 aliphatic carbocycles. The van der Waals surface area contributed by atoms with E-state index in [2.05, 4.69) is 5.32 Å². The smallest absolute Gasteiger partial charge is 0.252 e. The molecule has 0 radical (unpaired) electrons. The Kier molecular flexibility index (Phi) is 5.98. The van der Waals surface area contributed by atoms with E-state index in [0.717, 1.165) is 16.7 Å². The fourth-order valence-corrected chi connectivity index (χ4v) is 2.94. The van der Waals surface area contributed by atoms with Gasteiger partial charge in [-0.25, -0.2) is 0 Å². The molecule has 0 saturated heterocycles. The van der Waals surface area contributed by atoms with Gasteiger partial charge in [0, 0.05) is 5.56 Å². The van der Waals surface area contributed by atoms with Gasteiger partial charge in [0.2, 0.25) is 0 Å². The number of benzene rings is 2. The highest BCUT2D eigenvalue weighted by atomic mass is 16.3. The summed E-state index contributed by atoms with van der Waals surface area (Å²) in [6.45, 7) is 5.83. The molecular weight excluding hydrogens is 312 g/mol. The summed E-state index contributed by atoms with van der Waals surface area (Å²) in [6, 6.07) is 15.2. The number of rotatable bonds is 6. The molecule has 2 rings (SSSR count). The van der Waals surface area contributed by atoms with Crippen molar-refractivity contribution in [2.75, 3.05) is 20.7 Å². The molecule has 2 unspecified atom stereocenters. The zero-order chi connectivity index (χ0) is 18.6. The van der Waals surface area contributed by atoms with Crippen LogP contribution in [0.2, 0.25) is 0 Å². The molecule has 0 saturated carbocycles. The van der Waals surface area contributed by atoms with Gasteiger partial charge in [0.1, 0.15) is 0 Å². The number of carbonyl (C=O) groups is 1. The third-order valence-corrected chi connectivity index (χ3v) is 5.22. The molecule has 2 aromatic carbocycles. The normalized spacial score (nSPS) is 14.8. The molecule has 0 spiro atoms. The van der Waals surface area contributed by atoms with Crippen LogP contribution in [0.3, 0.4) is 0 Å². The number of aryl methyl sites for hydroxylation is 1. The molecule has 0 bridgehead atoms. The zero-order valence-corrected chi connectivity index (χ0v) is 15.7. The SMILES string of the molecule is Cc1cccc(C(=O)NC(c2ccccc2)C(C)(CO)N(C)C)c1C. The Labute approximate surface area is 150 Å². The van der Waals surface area contributed by atoms with E-state index < -0.39 is 5.54 Å². The van der Waals surface area contributed by atoms with Crippen LogP contribution >= 0.6 is 0 Å². The number of likely N-dealkylation sites (N-methyl/N-ethyl adjacent to an activating group) is 1. The maximum atomic E-state index is 13.0. The molecule has 0 aliphatic heterocycles. The van der Waals surface area contributed by atoms with E-state index in [1.807, 2.05) is 88.3 Å². The van der Waals surface area contributed by atoms with E-state index in [1.165, 1.54) is 0 Å². The highest BCUT2D eigenvalue weighted by Crippen LogP contribution is 2.30. The maximum absolute atomic E-state index is 13.0. The third-order valence-electron chi connectivity index (χ3n) is 5.22. The molecule has 0 heterocycles. The summed E-state index contributed by atoms with van der Waals surface area (Å²) in [6.07, 6.45) is 0. The number of aliphatic hydroxyl groups is 1. The Bertz CT molecular complexity index is 728. The fourth-order valence-electron chi connectivity index (χ4n) is 2.94. The summed E-state index contributed by atoms with van der Waals surface area (Å²) >= 11 is 0. The summed E-state index contributed by atoms with van der Waals surface area (Å²) in [7, 11) is 3.83. The van der Waals surface area contributed by atoms with Gasteiger partial charge in [0.25, 0.3) is 5.91 Å². The van der Waals surface area contributed by atoms with E-state index >= 15 is 0 Å². The van der Waals surface area contributed by atoms with Crippen LogP contribution in [0.1, 0.15) is 40.0 Å². The van der Waals surface area contributed by atoms with Crippen LogP contribution in [0, 0.1) is 13.8 Å². The van der Waals surface area contributed by atoms with Crippen LogP contribution in [-0.4, -0.2) is 42.2 Å². The van der Waals surface area contributed by atoms with E-state index in [9.17, 15) is 9.90 Å². The summed E-state index contributed by atoms with van der Waals surface area (Å²) in [5.41, 5.74) is 3.06. The Morgan fingerprint density at radius 3 is 2.32 bits per heavy atom. The lowest BCUT2D eigenvalue weighted by Gasteiger charge is -2.42. The van der Waals surface area contributed by atoms with E-state index in [1.54, 1.807) is 0 Å². The van der Waals surface area contributed by atoms with Gasteiger partial charge in [-0.3, -0.25) is 9.69 Å². The molecule has 2 atom stereocenters. The molecule has 4 heteroatoms. The van der Waals surface area contributed by atoms with Gasteiger partial charge < -0.3 is 10.4 Å². The fraction of sp³-hybridized carbons (Fsp3) is 0.381. The molecule has 0 aliphatic rings. The summed E-state index contributed by atoms with van der Waals surface area (Å²) in [5, 5.41) is 13.2. The number of carbonyl (C=O) groups excluding carboxylic acids is 1. The lowest BCUT2D eigenvalue weighted by Crippen LogP contribution is -2.55. The Morgan fingerprint density at radius 2 is 1.76 bits per heavy atom.